The Balaban J connectivity index is 1.92. The second kappa shape index (κ2) is 8.02. The summed E-state index contributed by atoms with van der Waals surface area (Å²) in [6.07, 6.45) is 0. The van der Waals surface area contributed by atoms with Crippen molar-refractivity contribution >= 4 is 40.8 Å². The molecule has 0 saturated heterocycles. The van der Waals surface area contributed by atoms with Gasteiger partial charge in [-0.3, -0.25) is 19.7 Å². The van der Waals surface area contributed by atoms with Crippen LogP contribution < -0.4 is 10.6 Å². The minimum Gasteiger partial charge on any atom is -0.320 e. The van der Waals surface area contributed by atoms with Crippen molar-refractivity contribution in [1.82, 2.24) is 10.2 Å². The Kier molecular flexibility index (Phi) is 5.79. The number of para-hydroxylation sites is 2. The molecule has 1 aromatic carbocycles. The van der Waals surface area contributed by atoms with E-state index in [-0.39, 0.29) is 23.0 Å². The zero-order valence-corrected chi connectivity index (χ0v) is 13.4. The van der Waals surface area contributed by atoms with Gasteiger partial charge in [-0.15, -0.1) is 10.2 Å². The van der Waals surface area contributed by atoms with Gasteiger partial charge in [-0.05, 0) is 18.2 Å². The molecule has 24 heavy (non-hydrogen) atoms. The van der Waals surface area contributed by atoms with Gasteiger partial charge in [0.05, 0.1) is 10.7 Å². The van der Waals surface area contributed by atoms with E-state index in [9.17, 15) is 19.7 Å². The molecule has 1 aromatic heterocycles. The lowest BCUT2D eigenvalue weighted by atomic mass is 10.2. The zero-order chi connectivity index (χ0) is 17.5. The molecule has 0 unspecified atom stereocenters. The summed E-state index contributed by atoms with van der Waals surface area (Å²) in [5, 5.41) is 24.0. The van der Waals surface area contributed by atoms with E-state index in [4.69, 9.17) is 0 Å². The Morgan fingerprint density at radius 2 is 1.92 bits per heavy atom. The van der Waals surface area contributed by atoms with Crippen molar-refractivity contribution in [3.05, 3.63) is 46.5 Å². The summed E-state index contributed by atoms with van der Waals surface area (Å²) < 4.78 is 0. The second-order valence-corrected chi connectivity index (χ2v) is 5.54. The van der Waals surface area contributed by atoms with E-state index in [2.05, 4.69) is 20.8 Å². The first kappa shape index (κ1) is 17.3. The number of hydrogen-bond acceptors (Lipinski definition) is 7. The van der Waals surface area contributed by atoms with Crippen LogP contribution in [-0.4, -0.2) is 32.7 Å². The van der Waals surface area contributed by atoms with Crippen molar-refractivity contribution < 1.29 is 14.5 Å². The van der Waals surface area contributed by atoms with E-state index in [1.807, 2.05) is 0 Å². The molecule has 0 fully saturated rings. The lowest BCUT2D eigenvalue weighted by molar-refractivity contribution is -0.383. The maximum atomic E-state index is 11.9. The van der Waals surface area contributed by atoms with Gasteiger partial charge in [-0.25, -0.2) is 0 Å². The van der Waals surface area contributed by atoms with Crippen molar-refractivity contribution in [1.29, 1.82) is 0 Å². The number of nitrogens with zero attached hydrogens (tertiary/aromatic N) is 3. The van der Waals surface area contributed by atoms with E-state index >= 15 is 0 Å². The summed E-state index contributed by atoms with van der Waals surface area (Å²) in [4.78, 5) is 33.1. The van der Waals surface area contributed by atoms with E-state index in [1.54, 1.807) is 18.2 Å². The largest absolute Gasteiger partial charge is 0.320 e. The quantitative estimate of drug-likeness (QED) is 0.465. The fourth-order valence-electron chi connectivity index (χ4n) is 1.71. The topological polar surface area (TPSA) is 127 Å². The van der Waals surface area contributed by atoms with Gasteiger partial charge >= 0.3 is 0 Å². The number of rotatable bonds is 6. The van der Waals surface area contributed by atoms with E-state index < -0.39 is 10.8 Å². The van der Waals surface area contributed by atoms with Crippen LogP contribution in [0, 0.1) is 10.1 Å². The Morgan fingerprint density at radius 1 is 1.17 bits per heavy atom. The van der Waals surface area contributed by atoms with Crippen molar-refractivity contribution in [3.8, 4) is 0 Å². The molecular weight excluding hydrogens is 334 g/mol. The zero-order valence-electron chi connectivity index (χ0n) is 12.6. The van der Waals surface area contributed by atoms with Gasteiger partial charge in [-0.1, -0.05) is 23.9 Å². The molecule has 2 N–H and O–H groups in total. The number of amides is 2. The third kappa shape index (κ3) is 5.02. The number of carbonyl (C=O) groups excluding carboxylic acids is 2. The average Bonchev–Trinajstić information content (AvgIpc) is 2.54. The summed E-state index contributed by atoms with van der Waals surface area (Å²) in [6, 6.07) is 9.08. The molecule has 0 atom stereocenters. The minimum absolute atomic E-state index is 0.0141. The number of nitro benzene ring substituents is 1. The number of carbonyl (C=O) groups is 2. The van der Waals surface area contributed by atoms with Crippen LogP contribution in [0.1, 0.15) is 6.92 Å². The standard InChI is InChI=1S/C14H13N5O4S/c1-9(20)15-12-6-7-14(18-17-12)24-8-13(21)16-10-4-2-3-5-11(10)19(22)23/h2-7H,8H2,1H3,(H,16,21)(H,15,17,20). The summed E-state index contributed by atoms with van der Waals surface area (Å²) in [6.45, 7) is 1.36. The average molecular weight is 347 g/mol. The summed E-state index contributed by atoms with van der Waals surface area (Å²) >= 11 is 1.12. The molecule has 0 aliphatic carbocycles. The van der Waals surface area contributed by atoms with Crippen molar-refractivity contribution in [3.63, 3.8) is 0 Å². The van der Waals surface area contributed by atoms with Gasteiger partial charge in [0, 0.05) is 13.0 Å². The molecule has 0 aliphatic rings. The van der Waals surface area contributed by atoms with Crippen LogP contribution in [0.2, 0.25) is 0 Å². The molecule has 124 valence electrons. The third-order valence-corrected chi connectivity index (χ3v) is 3.59. The third-order valence-electron chi connectivity index (χ3n) is 2.67. The van der Waals surface area contributed by atoms with Gasteiger partial charge in [0.25, 0.3) is 5.69 Å². The molecule has 1 heterocycles. The Labute approximate surface area is 141 Å². The summed E-state index contributed by atoms with van der Waals surface area (Å²) in [7, 11) is 0. The molecule has 0 aliphatic heterocycles. The first-order chi connectivity index (χ1) is 11.5. The number of nitro groups is 1. The molecule has 2 amide bonds. The summed E-state index contributed by atoms with van der Waals surface area (Å²) in [5.74, 6) is -0.327. The minimum atomic E-state index is -0.561. The molecular formula is C14H13N5O4S. The predicted molar refractivity (Wildman–Crippen MR) is 88.8 cm³/mol. The highest BCUT2D eigenvalue weighted by Crippen LogP contribution is 2.24. The molecule has 0 saturated carbocycles. The molecule has 2 aromatic rings. The van der Waals surface area contributed by atoms with Crippen molar-refractivity contribution in [2.24, 2.45) is 0 Å². The first-order valence-corrected chi connectivity index (χ1v) is 7.71. The maximum absolute atomic E-state index is 11.9. The predicted octanol–water partition coefficient (Wildman–Crippen LogP) is 2.07. The van der Waals surface area contributed by atoms with Crippen molar-refractivity contribution in [2.75, 3.05) is 16.4 Å². The van der Waals surface area contributed by atoms with Crippen LogP contribution >= 0.6 is 11.8 Å². The smallest absolute Gasteiger partial charge is 0.292 e. The highest BCUT2D eigenvalue weighted by molar-refractivity contribution is 7.99. The Bertz CT molecular complexity index is 766. The van der Waals surface area contributed by atoms with Crippen LogP contribution in [0.15, 0.2) is 41.4 Å². The first-order valence-electron chi connectivity index (χ1n) is 6.73. The van der Waals surface area contributed by atoms with Gasteiger partial charge in [-0.2, -0.15) is 0 Å². The highest BCUT2D eigenvalue weighted by atomic mass is 32.2. The molecule has 2 rings (SSSR count). The van der Waals surface area contributed by atoms with E-state index in [1.165, 1.54) is 25.1 Å². The molecule has 9 nitrogen and oxygen atoms in total. The molecule has 10 heteroatoms. The number of hydrogen-bond donors (Lipinski definition) is 2. The van der Waals surface area contributed by atoms with Crippen LogP contribution in [0.25, 0.3) is 0 Å². The molecule has 0 spiro atoms. The number of anilines is 2. The summed E-state index contributed by atoms with van der Waals surface area (Å²) in [5.41, 5.74) is -0.0320. The van der Waals surface area contributed by atoms with E-state index in [0.29, 0.717) is 10.8 Å². The van der Waals surface area contributed by atoms with Crippen LogP contribution in [0.4, 0.5) is 17.2 Å². The lowest BCUT2D eigenvalue weighted by Gasteiger charge is -2.05. The van der Waals surface area contributed by atoms with Crippen LogP contribution in [0.3, 0.4) is 0 Å². The number of aromatic nitrogens is 2. The van der Waals surface area contributed by atoms with Gasteiger partial charge in [0.2, 0.25) is 11.8 Å². The lowest BCUT2D eigenvalue weighted by Crippen LogP contribution is -2.15. The van der Waals surface area contributed by atoms with Crippen LogP contribution in [-0.2, 0) is 9.59 Å². The van der Waals surface area contributed by atoms with E-state index in [0.717, 1.165) is 11.8 Å². The van der Waals surface area contributed by atoms with Gasteiger partial charge < -0.3 is 10.6 Å². The maximum Gasteiger partial charge on any atom is 0.292 e. The Morgan fingerprint density at radius 3 is 2.54 bits per heavy atom. The molecule has 0 radical (unpaired) electrons. The highest BCUT2D eigenvalue weighted by Gasteiger charge is 2.15. The molecule has 0 bridgehead atoms. The van der Waals surface area contributed by atoms with Gasteiger partial charge in [0.15, 0.2) is 5.82 Å². The van der Waals surface area contributed by atoms with Gasteiger partial charge in [0.1, 0.15) is 10.7 Å². The Hall–Kier alpha value is -3.01. The van der Waals surface area contributed by atoms with Crippen LogP contribution in [0.5, 0.6) is 0 Å². The number of benzene rings is 1. The van der Waals surface area contributed by atoms with Crippen molar-refractivity contribution in [2.45, 2.75) is 11.9 Å². The second-order valence-electron chi connectivity index (χ2n) is 4.55. The normalized spacial score (nSPS) is 10.0. The number of thioether (sulfide) groups is 1. The SMILES string of the molecule is CC(=O)Nc1ccc(SCC(=O)Nc2ccccc2[N+](=O)[O-])nn1. The monoisotopic (exact) mass is 347 g/mol. The fraction of sp³-hybridized carbons (Fsp3) is 0.143. The number of nitrogens with one attached hydrogen (secondary N) is 2. The fourth-order valence-corrected chi connectivity index (χ4v) is 2.32.